The van der Waals surface area contributed by atoms with Crippen LogP contribution in [0, 0.1) is 6.92 Å². The first kappa shape index (κ1) is 15.4. The highest BCUT2D eigenvalue weighted by atomic mass is 32.1. The van der Waals surface area contributed by atoms with Gasteiger partial charge in [-0.2, -0.15) is 15.0 Å². The Bertz CT molecular complexity index is 580. The van der Waals surface area contributed by atoms with Crippen molar-refractivity contribution in [2.45, 2.75) is 27.3 Å². The van der Waals surface area contributed by atoms with Crippen molar-refractivity contribution >= 4 is 29.2 Å². The topological polar surface area (TPSA) is 78.9 Å². The molecule has 0 fully saturated rings. The van der Waals surface area contributed by atoms with Gasteiger partial charge in [-0.3, -0.25) is 0 Å². The van der Waals surface area contributed by atoms with Gasteiger partial charge in [0.1, 0.15) is 5.01 Å². The fourth-order valence-electron chi connectivity index (χ4n) is 1.84. The fourth-order valence-corrected chi connectivity index (χ4v) is 2.57. The van der Waals surface area contributed by atoms with Crippen molar-refractivity contribution < 1.29 is 0 Å². The van der Waals surface area contributed by atoms with Gasteiger partial charge in [0.05, 0.1) is 6.54 Å². The van der Waals surface area contributed by atoms with Crippen LogP contribution in [0.25, 0.3) is 0 Å². The van der Waals surface area contributed by atoms with Gasteiger partial charge in [0.2, 0.25) is 17.8 Å². The van der Waals surface area contributed by atoms with Crippen LogP contribution in [0.5, 0.6) is 0 Å². The minimum Gasteiger partial charge on any atom is -0.357 e. The normalized spacial score (nSPS) is 10.5. The van der Waals surface area contributed by atoms with E-state index in [9.17, 15) is 0 Å². The molecule has 7 nitrogen and oxygen atoms in total. The molecule has 8 heteroatoms. The first-order valence-electron chi connectivity index (χ1n) is 7.00. The van der Waals surface area contributed by atoms with Crippen molar-refractivity contribution in [1.82, 2.24) is 19.9 Å². The van der Waals surface area contributed by atoms with Crippen LogP contribution in [-0.4, -0.2) is 40.1 Å². The Morgan fingerprint density at radius 1 is 1.14 bits per heavy atom. The van der Waals surface area contributed by atoms with Crippen molar-refractivity contribution in [3.05, 3.63) is 16.1 Å². The highest BCUT2D eigenvalue weighted by Gasteiger charge is 2.10. The van der Waals surface area contributed by atoms with Crippen molar-refractivity contribution in [1.29, 1.82) is 0 Å². The average molecular weight is 307 g/mol. The summed E-state index contributed by atoms with van der Waals surface area (Å²) in [6, 6.07) is 0. The quantitative estimate of drug-likeness (QED) is 0.811. The van der Waals surface area contributed by atoms with Crippen LogP contribution in [0.2, 0.25) is 0 Å². The monoisotopic (exact) mass is 307 g/mol. The predicted molar refractivity (Wildman–Crippen MR) is 87.1 cm³/mol. The Kier molecular flexibility index (Phi) is 5.26. The lowest BCUT2D eigenvalue weighted by molar-refractivity contribution is 0.812. The number of nitrogens with zero attached hydrogens (tertiary/aromatic N) is 5. The molecule has 0 bridgehead atoms. The van der Waals surface area contributed by atoms with Gasteiger partial charge in [-0.15, -0.1) is 11.3 Å². The van der Waals surface area contributed by atoms with Crippen molar-refractivity contribution in [3.63, 3.8) is 0 Å². The van der Waals surface area contributed by atoms with Gasteiger partial charge in [-0.05, 0) is 20.8 Å². The van der Waals surface area contributed by atoms with Crippen LogP contribution < -0.4 is 15.5 Å². The molecular formula is C13H21N7S. The second-order valence-electron chi connectivity index (χ2n) is 4.42. The third kappa shape index (κ3) is 4.01. The maximum absolute atomic E-state index is 4.47. The van der Waals surface area contributed by atoms with Gasteiger partial charge in [-0.25, -0.2) is 4.98 Å². The molecule has 2 aromatic heterocycles. The second-order valence-corrected chi connectivity index (χ2v) is 5.74. The fraction of sp³-hybridized carbons (Fsp3) is 0.538. The lowest BCUT2D eigenvalue weighted by Crippen LogP contribution is -2.25. The zero-order valence-electron chi connectivity index (χ0n) is 12.8. The molecule has 0 aliphatic carbocycles. The van der Waals surface area contributed by atoms with Gasteiger partial charge >= 0.3 is 0 Å². The number of hydrogen-bond donors (Lipinski definition) is 2. The molecule has 0 amide bonds. The third-order valence-electron chi connectivity index (χ3n) is 2.96. The second kappa shape index (κ2) is 7.16. The van der Waals surface area contributed by atoms with Gasteiger partial charge in [-0.1, -0.05) is 0 Å². The van der Waals surface area contributed by atoms with Gasteiger partial charge in [0, 0.05) is 31.2 Å². The molecule has 0 radical (unpaired) electrons. The van der Waals surface area contributed by atoms with Crippen molar-refractivity contribution in [2.24, 2.45) is 0 Å². The molecule has 0 aliphatic rings. The minimum absolute atomic E-state index is 0.559. The van der Waals surface area contributed by atoms with E-state index in [1.54, 1.807) is 18.4 Å². The van der Waals surface area contributed by atoms with Crippen LogP contribution >= 0.6 is 11.3 Å². The molecule has 0 unspecified atom stereocenters. The zero-order chi connectivity index (χ0) is 15.2. The smallest absolute Gasteiger partial charge is 0.231 e. The largest absolute Gasteiger partial charge is 0.357 e. The first-order valence-corrected chi connectivity index (χ1v) is 7.81. The molecule has 2 heterocycles. The Labute approximate surface area is 128 Å². The number of aryl methyl sites for hydroxylation is 1. The van der Waals surface area contributed by atoms with E-state index in [-0.39, 0.29) is 0 Å². The summed E-state index contributed by atoms with van der Waals surface area (Å²) in [4.78, 5) is 20.8. The summed E-state index contributed by atoms with van der Waals surface area (Å²) in [5, 5.41) is 7.20. The molecule has 0 atom stereocenters. The maximum atomic E-state index is 4.47. The van der Waals surface area contributed by atoms with E-state index in [0.29, 0.717) is 24.4 Å². The predicted octanol–water partition coefficient (Wildman–Crippen LogP) is 2.14. The maximum Gasteiger partial charge on any atom is 0.231 e. The molecule has 114 valence electrons. The molecule has 0 saturated heterocycles. The van der Waals surface area contributed by atoms with E-state index < -0.39 is 0 Å². The van der Waals surface area contributed by atoms with Crippen LogP contribution in [0.1, 0.15) is 23.7 Å². The van der Waals surface area contributed by atoms with Gasteiger partial charge < -0.3 is 15.5 Å². The molecule has 0 aliphatic heterocycles. The summed E-state index contributed by atoms with van der Waals surface area (Å²) in [7, 11) is 1.80. The lowest BCUT2D eigenvalue weighted by Gasteiger charge is -2.19. The van der Waals surface area contributed by atoms with E-state index in [2.05, 4.69) is 49.3 Å². The van der Waals surface area contributed by atoms with Crippen molar-refractivity contribution in [2.75, 3.05) is 35.7 Å². The van der Waals surface area contributed by atoms with E-state index in [1.165, 1.54) is 4.88 Å². The standard InChI is InChI=1S/C13H21N7S/c1-5-20(6-2)13-18-11(14-4)17-12(19-13)16-8-10-15-7-9(3)21-10/h7H,5-6,8H2,1-4H3,(H2,14,16,17,18,19). The summed E-state index contributed by atoms with van der Waals surface area (Å²) in [6.07, 6.45) is 1.87. The molecule has 0 spiro atoms. The van der Waals surface area contributed by atoms with E-state index in [1.807, 2.05) is 13.1 Å². The van der Waals surface area contributed by atoms with E-state index >= 15 is 0 Å². The minimum atomic E-state index is 0.559. The number of anilines is 3. The van der Waals surface area contributed by atoms with E-state index in [0.717, 1.165) is 18.1 Å². The lowest BCUT2D eigenvalue weighted by atomic mass is 10.5. The van der Waals surface area contributed by atoms with Crippen LogP contribution in [0.3, 0.4) is 0 Å². The van der Waals surface area contributed by atoms with Crippen LogP contribution in [0.15, 0.2) is 6.20 Å². The Morgan fingerprint density at radius 3 is 2.43 bits per heavy atom. The summed E-state index contributed by atoms with van der Waals surface area (Å²) < 4.78 is 0. The highest BCUT2D eigenvalue weighted by molar-refractivity contribution is 7.11. The number of hydrogen-bond acceptors (Lipinski definition) is 8. The van der Waals surface area contributed by atoms with E-state index in [4.69, 9.17) is 0 Å². The average Bonchev–Trinajstić information content (AvgIpc) is 2.92. The van der Waals surface area contributed by atoms with Crippen molar-refractivity contribution in [3.8, 4) is 0 Å². The number of aromatic nitrogens is 4. The molecular weight excluding hydrogens is 286 g/mol. The third-order valence-corrected chi connectivity index (χ3v) is 3.87. The number of nitrogens with one attached hydrogen (secondary N) is 2. The SMILES string of the molecule is CCN(CC)c1nc(NC)nc(NCc2ncc(C)s2)n1. The Morgan fingerprint density at radius 2 is 1.86 bits per heavy atom. The molecule has 2 N–H and O–H groups in total. The number of rotatable bonds is 7. The molecule has 21 heavy (non-hydrogen) atoms. The highest BCUT2D eigenvalue weighted by Crippen LogP contribution is 2.15. The number of thiazole rings is 1. The summed E-state index contributed by atoms with van der Waals surface area (Å²) in [5.41, 5.74) is 0. The Balaban J connectivity index is 2.16. The van der Waals surface area contributed by atoms with Crippen LogP contribution in [-0.2, 0) is 6.54 Å². The summed E-state index contributed by atoms with van der Waals surface area (Å²) in [5.74, 6) is 1.80. The summed E-state index contributed by atoms with van der Waals surface area (Å²) in [6.45, 7) is 8.53. The Hall–Kier alpha value is -1.96. The summed E-state index contributed by atoms with van der Waals surface area (Å²) >= 11 is 1.67. The van der Waals surface area contributed by atoms with Crippen LogP contribution in [0.4, 0.5) is 17.8 Å². The molecule has 2 aromatic rings. The first-order chi connectivity index (χ1) is 10.2. The molecule has 0 aromatic carbocycles. The molecule has 0 saturated carbocycles. The van der Waals surface area contributed by atoms with Gasteiger partial charge in [0.25, 0.3) is 0 Å². The zero-order valence-corrected chi connectivity index (χ0v) is 13.7. The van der Waals surface area contributed by atoms with Gasteiger partial charge in [0.15, 0.2) is 0 Å². The molecule has 2 rings (SSSR count).